The first-order chi connectivity index (χ1) is 12.3. The van der Waals surface area contributed by atoms with Crippen molar-refractivity contribution in [2.75, 3.05) is 11.9 Å². The van der Waals surface area contributed by atoms with Crippen LogP contribution in [0.2, 0.25) is 0 Å². The maximum atomic E-state index is 6.14. The summed E-state index contributed by atoms with van der Waals surface area (Å²) in [5.74, 6) is 1.67. The van der Waals surface area contributed by atoms with Gasteiger partial charge >= 0.3 is 0 Å². The lowest BCUT2D eigenvalue weighted by atomic mass is 9.71. The Morgan fingerprint density at radius 3 is 2.48 bits per heavy atom. The van der Waals surface area contributed by atoms with Crippen LogP contribution in [0.25, 0.3) is 0 Å². The number of ether oxygens (including phenoxy) is 1. The summed E-state index contributed by atoms with van der Waals surface area (Å²) < 4.78 is 7.26. The summed E-state index contributed by atoms with van der Waals surface area (Å²) in [5, 5.41) is 3.80. The number of para-hydroxylation sites is 2. The normalized spacial score (nSPS) is 23.5. The van der Waals surface area contributed by atoms with Gasteiger partial charge in [-0.1, -0.05) is 60.7 Å². The fourth-order valence-corrected chi connectivity index (χ4v) is 4.78. The molecule has 0 saturated heterocycles. The van der Waals surface area contributed by atoms with Crippen molar-refractivity contribution in [3.8, 4) is 5.75 Å². The Bertz CT molecular complexity index is 924. The standard InChI is InChI=1S/C22H18BrNO/c23-18-11-6-10-16-20(14-7-2-1-3-8-14)17-13-25-19-12-5-4-9-15(19)21(17)24-22(16)18/h1-12,17,20-21,24H,13H2/t17-,20+,21+/m1/s1. The van der Waals surface area contributed by atoms with E-state index in [1.54, 1.807) is 0 Å². The highest BCUT2D eigenvalue weighted by Crippen LogP contribution is 2.52. The number of hydrogen-bond acceptors (Lipinski definition) is 2. The van der Waals surface area contributed by atoms with Crippen LogP contribution >= 0.6 is 15.9 Å². The fraction of sp³-hybridized carbons (Fsp3) is 0.182. The number of hydrogen-bond donors (Lipinski definition) is 1. The first-order valence-electron chi connectivity index (χ1n) is 8.64. The average molecular weight is 392 g/mol. The van der Waals surface area contributed by atoms with Crippen LogP contribution in [-0.4, -0.2) is 6.61 Å². The van der Waals surface area contributed by atoms with Gasteiger partial charge in [-0.05, 0) is 39.2 Å². The van der Waals surface area contributed by atoms with Gasteiger partial charge < -0.3 is 10.1 Å². The molecule has 2 nitrogen and oxygen atoms in total. The molecule has 124 valence electrons. The van der Waals surface area contributed by atoms with E-state index in [0.717, 1.165) is 16.8 Å². The molecular weight excluding hydrogens is 374 g/mol. The Hall–Kier alpha value is -2.26. The molecule has 3 atom stereocenters. The summed E-state index contributed by atoms with van der Waals surface area (Å²) >= 11 is 3.74. The van der Waals surface area contributed by atoms with Gasteiger partial charge in [0.25, 0.3) is 0 Å². The van der Waals surface area contributed by atoms with Crippen LogP contribution in [0.5, 0.6) is 5.75 Å². The minimum atomic E-state index is 0.251. The predicted molar refractivity (Wildman–Crippen MR) is 104 cm³/mol. The Morgan fingerprint density at radius 2 is 1.60 bits per heavy atom. The molecule has 0 spiro atoms. The molecule has 3 heteroatoms. The maximum absolute atomic E-state index is 6.14. The summed E-state index contributed by atoms with van der Waals surface area (Å²) in [6.45, 7) is 0.722. The Labute approximate surface area is 156 Å². The van der Waals surface area contributed by atoms with E-state index in [9.17, 15) is 0 Å². The number of nitrogens with one attached hydrogen (secondary N) is 1. The van der Waals surface area contributed by atoms with Crippen molar-refractivity contribution in [3.63, 3.8) is 0 Å². The molecule has 0 radical (unpaired) electrons. The van der Waals surface area contributed by atoms with Gasteiger partial charge in [-0.3, -0.25) is 0 Å². The Balaban J connectivity index is 1.72. The van der Waals surface area contributed by atoms with Crippen LogP contribution in [0.4, 0.5) is 5.69 Å². The van der Waals surface area contributed by atoms with Crippen molar-refractivity contribution in [2.45, 2.75) is 12.0 Å². The second-order valence-corrected chi connectivity index (χ2v) is 7.58. The van der Waals surface area contributed by atoms with Gasteiger partial charge in [0.1, 0.15) is 5.75 Å². The first kappa shape index (κ1) is 15.0. The zero-order chi connectivity index (χ0) is 16.8. The van der Waals surface area contributed by atoms with Crippen molar-refractivity contribution in [3.05, 3.63) is 94.0 Å². The second-order valence-electron chi connectivity index (χ2n) is 6.73. The quantitative estimate of drug-likeness (QED) is 0.569. The van der Waals surface area contributed by atoms with Gasteiger partial charge in [-0.25, -0.2) is 0 Å². The molecule has 1 N–H and O–H groups in total. The smallest absolute Gasteiger partial charge is 0.124 e. The van der Waals surface area contributed by atoms with Crippen molar-refractivity contribution in [1.29, 1.82) is 0 Å². The third-order valence-electron chi connectivity index (χ3n) is 5.38. The number of fused-ring (bicyclic) bond motifs is 4. The van der Waals surface area contributed by atoms with Crippen LogP contribution in [-0.2, 0) is 0 Å². The van der Waals surface area contributed by atoms with E-state index < -0.39 is 0 Å². The van der Waals surface area contributed by atoms with Crippen LogP contribution in [0.1, 0.15) is 28.7 Å². The molecule has 2 heterocycles. The number of halogens is 1. The molecule has 0 aliphatic carbocycles. The Kier molecular flexibility index (Phi) is 3.56. The molecule has 3 aromatic rings. The molecular formula is C22H18BrNO. The summed E-state index contributed by atoms with van der Waals surface area (Å²) in [6, 6.07) is 25.9. The number of benzene rings is 3. The molecule has 2 aliphatic rings. The molecule has 0 amide bonds. The van der Waals surface area contributed by atoms with E-state index in [4.69, 9.17) is 4.74 Å². The topological polar surface area (TPSA) is 21.3 Å². The number of rotatable bonds is 1. The Morgan fingerprint density at radius 1 is 0.840 bits per heavy atom. The maximum Gasteiger partial charge on any atom is 0.124 e. The lowest BCUT2D eigenvalue weighted by Gasteiger charge is -2.44. The van der Waals surface area contributed by atoms with E-state index in [1.807, 2.05) is 6.07 Å². The van der Waals surface area contributed by atoms with E-state index >= 15 is 0 Å². The monoisotopic (exact) mass is 391 g/mol. The lowest BCUT2D eigenvalue weighted by molar-refractivity contribution is 0.183. The van der Waals surface area contributed by atoms with Gasteiger partial charge in [0, 0.05) is 21.9 Å². The van der Waals surface area contributed by atoms with Crippen LogP contribution in [0.3, 0.4) is 0 Å². The fourth-order valence-electron chi connectivity index (χ4n) is 4.28. The summed E-state index contributed by atoms with van der Waals surface area (Å²) in [4.78, 5) is 0. The summed E-state index contributed by atoms with van der Waals surface area (Å²) in [6.07, 6.45) is 0. The average Bonchev–Trinajstić information content (AvgIpc) is 2.67. The third-order valence-corrected chi connectivity index (χ3v) is 6.04. The second kappa shape index (κ2) is 5.92. The highest BCUT2D eigenvalue weighted by molar-refractivity contribution is 9.10. The molecule has 5 rings (SSSR count). The minimum absolute atomic E-state index is 0.251. The molecule has 0 unspecified atom stereocenters. The molecule has 3 aromatic carbocycles. The van der Waals surface area contributed by atoms with Crippen LogP contribution in [0.15, 0.2) is 77.3 Å². The molecule has 0 saturated carbocycles. The van der Waals surface area contributed by atoms with Crippen molar-refractivity contribution in [1.82, 2.24) is 0 Å². The number of anilines is 1. The van der Waals surface area contributed by atoms with Crippen molar-refractivity contribution >= 4 is 21.6 Å². The van der Waals surface area contributed by atoms with Crippen LogP contribution < -0.4 is 10.1 Å². The van der Waals surface area contributed by atoms with Gasteiger partial charge in [-0.2, -0.15) is 0 Å². The largest absolute Gasteiger partial charge is 0.493 e. The van der Waals surface area contributed by atoms with Crippen molar-refractivity contribution < 1.29 is 4.74 Å². The van der Waals surface area contributed by atoms with E-state index in [1.165, 1.54) is 22.4 Å². The molecule has 0 bridgehead atoms. The molecule has 25 heavy (non-hydrogen) atoms. The SMILES string of the molecule is Brc1cccc2c1N[C@H]1c3ccccc3OC[C@@H]1[C@H]2c1ccccc1. The highest BCUT2D eigenvalue weighted by Gasteiger charge is 2.42. The van der Waals surface area contributed by atoms with Gasteiger partial charge in [0.2, 0.25) is 0 Å². The van der Waals surface area contributed by atoms with Gasteiger partial charge in [0.15, 0.2) is 0 Å². The molecule has 0 aromatic heterocycles. The lowest BCUT2D eigenvalue weighted by Crippen LogP contribution is -2.39. The summed E-state index contributed by atoms with van der Waals surface area (Å²) in [5.41, 5.74) is 5.14. The molecule has 2 aliphatic heterocycles. The van der Waals surface area contributed by atoms with Crippen molar-refractivity contribution in [2.24, 2.45) is 5.92 Å². The molecule has 0 fully saturated rings. The zero-order valence-electron chi connectivity index (χ0n) is 13.7. The predicted octanol–water partition coefficient (Wildman–Crippen LogP) is 5.76. The zero-order valence-corrected chi connectivity index (χ0v) is 15.2. The van der Waals surface area contributed by atoms with Gasteiger partial charge in [0.05, 0.1) is 18.3 Å². The van der Waals surface area contributed by atoms with Crippen LogP contribution in [0, 0.1) is 5.92 Å². The van der Waals surface area contributed by atoms with E-state index in [0.29, 0.717) is 11.8 Å². The van der Waals surface area contributed by atoms with E-state index in [-0.39, 0.29) is 6.04 Å². The minimum Gasteiger partial charge on any atom is -0.493 e. The van der Waals surface area contributed by atoms with E-state index in [2.05, 4.69) is 88.0 Å². The van der Waals surface area contributed by atoms with Gasteiger partial charge in [-0.15, -0.1) is 0 Å². The first-order valence-corrected chi connectivity index (χ1v) is 9.44. The highest BCUT2D eigenvalue weighted by atomic mass is 79.9. The summed E-state index contributed by atoms with van der Waals surface area (Å²) in [7, 11) is 0. The third kappa shape index (κ3) is 2.37.